The first-order chi connectivity index (χ1) is 32.6. The molecule has 68 heavy (non-hydrogen) atoms. The van der Waals surface area contributed by atoms with Gasteiger partial charge in [0.25, 0.3) is 11.8 Å². The highest BCUT2D eigenvalue weighted by Crippen LogP contribution is 2.29. The second-order valence-corrected chi connectivity index (χ2v) is 17.6. The lowest BCUT2D eigenvalue weighted by Gasteiger charge is -2.36. The van der Waals surface area contributed by atoms with E-state index in [2.05, 4.69) is 56.9 Å². The maximum Gasteiger partial charge on any atom is 0.409 e. The average molecular weight is 966 g/mol. The number of likely N-dealkylation sites (N-methyl/N-ethyl adjacent to an activating group) is 2. The van der Waals surface area contributed by atoms with Gasteiger partial charge in [0.15, 0.2) is 5.65 Å². The van der Waals surface area contributed by atoms with Crippen LogP contribution >= 0.6 is 11.9 Å². The van der Waals surface area contributed by atoms with Crippen molar-refractivity contribution in [3.05, 3.63) is 48.4 Å². The van der Waals surface area contributed by atoms with Gasteiger partial charge in [0.2, 0.25) is 23.6 Å². The molecule has 2 unspecified atom stereocenters. The number of amides is 8. The molecule has 0 radical (unpaired) electrons. The third-order valence-corrected chi connectivity index (χ3v) is 12.1. The molecule has 3 aliphatic rings. The number of anilines is 2. The van der Waals surface area contributed by atoms with Gasteiger partial charge in [0.05, 0.1) is 18.4 Å². The number of hydrogen-bond acceptors (Lipinski definition) is 16. The Balaban J connectivity index is 0.00000280. The molecule has 0 bridgehead atoms. The summed E-state index contributed by atoms with van der Waals surface area (Å²) in [5.41, 5.74) is 9.11. The molecule has 23 nitrogen and oxygen atoms in total. The number of ether oxygens (including phenoxy) is 1. The summed E-state index contributed by atoms with van der Waals surface area (Å²) in [4.78, 5) is 119. The summed E-state index contributed by atoms with van der Waals surface area (Å²) in [6.45, 7) is 6.51. The van der Waals surface area contributed by atoms with Crippen LogP contribution in [0.3, 0.4) is 0 Å². The highest BCUT2D eigenvalue weighted by Gasteiger charge is 2.39. The van der Waals surface area contributed by atoms with Gasteiger partial charge in [0, 0.05) is 76.3 Å². The number of nitrogens with one attached hydrogen (secondary N) is 5. The molecule has 3 fully saturated rings. The Hall–Kier alpha value is -6.37. The minimum Gasteiger partial charge on any atom is -0.445 e. The number of likely N-dealkylation sites (tertiary alicyclic amines) is 1. The average Bonchev–Trinajstić information content (AvgIpc) is 4.06. The number of nitrogens with two attached hydrogens (primary N) is 1. The predicted molar refractivity (Wildman–Crippen MR) is 252 cm³/mol. The van der Waals surface area contributed by atoms with E-state index in [-0.39, 0.29) is 57.6 Å². The van der Waals surface area contributed by atoms with Gasteiger partial charge >= 0.3 is 12.1 Å². The number of aromatic nitrogens is 3. The van der Waals surface area contributed by atoms with Crippen molar-refractivity contribution in [1.82, 2.24) is 49.8 Å². The number of benzene rings is 1. The molecule has 1 aliphatic carbocycles. The van der Waals surface area contributed by atoms with E-state index in [0.717, 1.165) is 30.4 Å². The first-order valence-corrected chi connectivity index (χ1v) is 23.7. The molecule has 2 aliphatic heterocycles. The molecule has 370 valence electrons. The molecule has 6 rings (SSSR count). The smallest absolute Gasteiger partial charge is 0.409 e. The molecule has 1 aromatic carbocycles. The maximum atomic E-state index is 13.4. The number of rotatable bonds is 21. The topological polar surface area (TPSA) is 285 Å². The molecular weight excluding hydrogens is 903 g/mol. The summed E-state index contributed by atoms with van der Waals surface area (Å²) < 4.78 is 10.4. The van der Waals surface area contributed by atoms with Crippen molar-refractivity contribution < 1.29 is 48.0 Å². The van der Waals surface area contributed by atoms with Crippen LogP contribution in [-0.2, 0) is 45.0 Å². The van der Waals surface area contributed by atoms with Crippen molar-refractivity contribution >= 4 is 82.1 Å². The summed E-state index contributed by atoms with van der Waals surface area (Å²) in [5.74, 6) is -2.21. The summed E-state index contributed by atoms with van der Waals surface area (Å²) in [5, 5.41) is 9.89. The number of hydrogen-bond donors (Lipinski definition) is 6. The number of carbonyl (C=O) groups is 8. The van der Waals surface area contributed by atoms with Gasteiger partial charge in [-0.25, -0.2) is 19.6 Å². The molecule has 1 saturated carbocycles. The van der Waals surface area contributed by atoms with Gasteiger partial charge in [-0.05, 0) is 55.9 Å². The van der Waals surface area contributed by atoms with Crippen molar-refractivity contribution in [3.63, 3.8) is 0 Å². The van der Waals surface area contributed by atoms with Gasteiger partial charge in [-0.3, -0.25) is 38.1 Å². The molecular formula is C44H63N13O10S. The zero-order valence-electron chi connectivity index (χ0n) is 39.2. The zero-order chi connectivity index (χ0) is 49.3. The van der Waals surface area contributed by atoms with E-state index in [4.69, 9.17) is 15.4 Å². The highest BCUT2D eigenvalue weighted by atomic mass is 32.2. The van der Waals surface area contributed by atoms with Crippen LogP contribution < -0.4 is 31.9 Å². The van der Waals surface area contributed by atoms with Crippen molar-refractivity contribution in [1.29, 1.82) is 0 Å². The summed E-state index contributed by atoms with van der Waals surface area (Å²) in [6.07, 6.45) is 6.91. The van der Waals surface area contributed by atoms with Crippen LogP contribution in [0.15, 0.2) is 42.9 Å². The van der Waals surface area contributed by atoms with Crippen LogP contribution in [0.25, 0.3) is 11.0 Å². The molecule has 2 atom stereocenters. The molecule has 24 heteroatoms. The molecule has 7 N–H and O–H groups in total. The Kier molecular flexibility index (Phi) is 19.9. The molecule has 4 heterocycles. The van der Waals surface area contributed by atoms with Crippen LogP contribution in [0.4, 0.5) is 21.1 Å². The maximum absolute atomic E-state index is 13.4. The van der Waals surface area contributed by atoms with Gasteiger partial charge in [-0.15, -0.1) is 5.06 Å². The fourth-order valence-electron chi connectivity index (χ4n) is 7.28. The number of fused-ring (bicyclic) bond motifs is 1. The number of primary amides is 1. The van der Waals surface area contributed by atoms with E-state index >= 15 is 0 Å². The van der Waals surface area contributed by atoms with Crippen LogP contribution in [0, 0.1) is 0 Å². The lowest BCUT2D eigenvalue weighted by molar-refractivity contribution is -0.214. The number of carbonyl (C=O) groups excluding carboxylic acids is 8. The van der Waals surface area contributed by atoms with Gasteiger partial charge in [-0.1, -0.05) is 51.3 Å². The van der Waals surface area contributed by atoms with Crippen molar-refractivity contribution in [2.75, 3.05) is 56.7 Å². The molecule has 2 aromatic heterocycles. The molecule has 3 aromatic rings. The van der Waals surface area contributed by atoms with Crippen LogP contribution in [0.1, 0.15) is 84.1 Å². The normalized spacial score (nSPS) is 18.0. The highest BCUT2D eigenvalue weighted by molar-refractivity contribution is 7.97. The SMILES string of the molecule is CCC.CCCSNC1CC(Nc2ncnc3c2ccn3C(=O)N(C)CCN(C)C(=O)OCc2ccc(NC(=O)CNC(=O)C3CCCN3C(=O)C(CC(N)=O)NON3C(=O)CCC3=O)cc2)C1. The first-order valence-electron chi connectivity index (χ1n) is 22.8. The molecule has 0 spiro atoms. The van der Waals surface area contributed by atoms with E-state index in [1.165, 1.54) is 32.0 Å². The van der Waals surface area contributed by atoms with E-state index < -0.39 is 66.6 Å². The van der Waals surface area contributed by atoms with E-state index in [1.807, 2.05) is 6.07 Å². The first kappa shape index (κ1) is 52.6. The van der Waals surface area contributed by atoms with E-state index in [1.54, 1.807) is 56.5 Å². The van der Waals surface area contributed by atoms with Gasteiger partial charge < -0.3 is 41.1 Å². The second-order valence-electron chi connectivity index (χ2n) is 16.7. The molecule has 2 saturated heterocycles. The van der Waals surface area contributed by atoms with Crippen molar-refractivity contribution in [2.45, 2.75) is 109 Å². The number of nitrogens with zero attached hydrogens (tertiary/aromatic N) is 7. The molecule has 8 amide bonds. The Morgan fingerprint density at radius 3 is 2.31 bits per heavy atom. The van der Waals surface area contributed by atoms with E-state index in [9.17, 15) is 38.4 Å². The fraction of sp³-hybridized carbons (Fsp3) is 0.545. The van der Waals surface area contributed by atoms with Crippen LogP contribution in [-0.4, -0.2) is 152 Å². The second kappa shape index (κ2) is 25.7. The zero-order valence-corrected chi connectivity index (χ0v) is 40.0. The Morgan fingerprint density at radius 2 is 1.63 bits per heavy atom. The quantitative estimate of drug-likeness (QED) is 0.0387. The fourth-order valence-corrected chi connectivity index (χ4v) is 8.03. The van der Waals surface area contributed by atoms with Gasteiger partial charge in [0.1, 0.15) is 30.8 Å². The minimum absolute atomic E-state index is 0.0590. The lowest BCUT2D eigenvalue weighted by Crippen LogP contribution is -2.55. The number of hydroxylamine groups is 3. The number of imide groups is 1. The summed E-state index contributed by atoms with van der Waals surface area (Å²) in [7, 11) is 3.21. The van der Waals surface area contributed by atoms with Crippen LogP contribution in [0.2, 0.25) is 0 Å². The van der Waals surface area contributed by atoms with Crippen molar-refractivity contribution in [3.8, 4) is 0 Å². The summed E-state index contributed by atoms with van der Waals surface area (Å²) >= 11 is 1.75. The minimum atomic E-state index is -1.39. The summed E-state index contributed by atoms with van der Waals surface area (Å²) in [6, 6.07) is 6.39. The largest absolute Gasteiger partial charge is 0.445 e. The Bertz CT molecular complexity index is 2240. The van der Waals surface area contributed by atoms with E-state index in [0.29, 0.717) is 40.2 Å². The third-order valence-electron chi connectivity index (χ3n) is 11.0. The Labute approximate surface area is 399 Å². The third kappa shape index (κ3) is 14.6. The van der Waals surface area contributed by atoms with Crippen molar-refractivity contribution in [2.24, 2.45) is 5.73 Å². The standard InChI is InChI=1S/C41H55N13O10S.C3H8/c1-4-18-65-49-28-19-27(20-28)47-36-29-13-15-53(37(29)45-24-44-36)40(61)50(2)16-17-51(3)41(62)63-23-25-7-9-26(10-8-25)46-33(56)22-43-38(59)31-6-5-14-52(31)39(60)30(21-32(42)55)48-64-54-34(57)11-12-35(54)58;1-3-2/h7-10,13,15,24,27-28,30-31,48-49H,4-6,11-12,14,16-23H2,1-3H3,(H2,42,55)(H,43,59)(H,46,56)(H,44,45,47);3H2,1-2H3. The Morgan fingerprint density at radius 1 is 0.941 bits per heavy atom. The van der Waals surface area contributed by atoms with Crippen LogP contribution in [0.5, 0.6) is 0 Å². The lowest BCUT2D eigenvalue weighted by atomic mass is 9.87. The van der Waals surface area contributed by atoms with Gasteiger partial charge in [-0.2, -0.15) is 10.4 Å². The predicted octanol–water partition coefficient (Wildman–Crippen LogP) is 2.48. The monoisotopic (exact) mass is 965 g/mol.